The van der Waals surface area contributed by atoms with Crippen LogP contribution < -0.4 is 5.73 Å². The first-order valence-electron chi connectivity index (χ1n) is 5.30. The first kappa shape index (κ1) is 11.9. The highest BCUT2D eigenvalue weighted by Crippen LogP contribution is 2.21. The summed E-state index contributed by atoms with van der Waals surface area (Å²) in [6.07, 6.45) is 7.93. The molecule has 0 fully saturated rings. The Bertz CT molecular complexity index is 290. The van der Waals surface area contributed by atoms with Crippen molar-refractivity contribution in [1.29, 1.82) is 0 Å². The van der Waals surface area contributed by atoms with Gasteiger partial charge in [-0.1, -0.05) is 6.08 Å². The number of methoxy groups -OCH3 is 1. The summed E-state index contributed by atoms with van der Waals surface area (Å²) in [5, 5.41) is 0. The van der Waals surface area contributed by atoms with E-state index in [0.717, 1.165) is 24.4 Å². The molecule has 15 heavy (non-hydrogen) atoms. The molecule has 1 aliphatic rings. The van der Waals surface area contributed by atoms with Gasteiger partial charge < -0.3 is 15.2 Å². The van der Waals surface area contributed by atoms with Gasteiger partial charge in [-0.2, -0.15) is 0 Å². The van der Waals surface area contributed by atoms with E-state index in [1.54, 1.807) is 7.11 Å². The van der Waals surface area contributed by atoms with Crippen molar-refractivity contribution in [1.82, 2.24) is 0 Å². The van der Waals surface area contributed by atoms with Gasteiger partial charge in [0.2, 0.25) is 0 Å². The molecule has 0 heterocycles. The van der Waals surface area contributed by atoms with Gasteiger partial charge >= 0.3 is 0 Å². The average Bonchev–Trinajstić information content (AvgIpc) is 2.41. The van der Waals surface area contributed by atoms with Gasteiger partial charge in [0.1, 0.15) is 0 Å². The second-order valence-electron chi connectivity index (χ2n) is 3.27. The van der Waals surface area contributed by atoms with Crippen molar-refractivity contribution in [3.8, 4) is 0 Å². The van der Waals surface area contributed by atoms with E-state index in [9.17, 15) is 0 Å². The third kappa shape index (κ3) is 3.44. The molecule has 0 unspecified atom stereocenters. The second-order valence-corrected chi connectivity index (χ2v) is 3.27. The normalized spacial score (nSPS) is 16.1. The minimum absolute atomic E-state index is 0.641. The fourth-order valence-electron chi connectivity index (χ4n) is 1.51. The smallest absolute Gasteiger partial charge is 0.161 e. The third-order valence-corrected chi connectivity index (χ3v) is 2.20. The van der Waals surface area contributed by atoms with Gasteiger partial charge in [-0.15, -0.1) is 0 Å². The summed E-state index contributed by atoms with van der Waals surface area (Å²) in [7, 11) is 1.66. The molecule has 0 aliphatic heterocycles. The minimum Gasteiger partial charge on any atom is -0.493 e. The molecule has 3 heteroatoms. The van der Waals surface area contributed by atoms with Crippen LogP contribution in [0.3, 0.4) is 0 Å². The van der Waals surface area contributed by atoms with Crippen molar-refractivity contribution >= 4 is 0 Å². The van der Waals surface area contributed by atoms with Crippen molar-refractivity contribution < 1.29 is 9.47 Å². The molecule has 3 nitrogen and oxygen atoms in total. The monoisotopic (exact) mass is 209 g/mol. The summed E-state index contributed by atoms with van der Waals surface area (Å²) in [6.45, 7) is 3.26. The van der Waals surface area contributed by atoms with E-state index in [2.05, 4.69) is 6.08 Å². The molecule has 0 aromatic carbocycles. The maximum absolute atomic E-state index is 5.54. The van der Waals surface area contributed by atoms with Gasteiger partial charge in [-0.25, -0.2) is 0 Å². The predicted molar refractivity (Wildman–Crippen MR) is 61.2 cm³/mol. The number of nitrogens with two attached hydrogens (primary N) is 1. The highest BCUT2D eigenvalue weighted by Gasteiger charge is 2.09. The van der Waals surface area contributed by atoms with Gasteiger partial charge in [0.05, 0.1) is 13.7 Å². The summed E-state index contributed by atoms with van der Waals surface area (Å²) >= 11 is 0. The number of rotatable bonds is 5. The van der Waals surface area contributed by atoms with Crippen molar-refractivity contribution in [2.75, 3.05) is 20.3 Å². The molecule has 0 saturated carbocycles. The first-order valence-corrected chi connectivity index (χ1v) is 5.30. The average molecular weight is 209 g/mol. The van der Waals surface area contributed by atoms with Crippen LogP contribution in [-0.4, -0.2) is 20.3 Å². The largest absolute Gasteiger partial charge is 0.493 e. The van der Waals surface area contributed by atoms with E-state index in [4.69, 9.17) is 15.2 Å². The van der Waals surface area contributed by atoms with Gasteiger partial charge in [0, 0.05) is 0 Å². The number of allylic oxidation sites excluding steroid dienone is 3. The Morgan fingerprint density at radius 2 is 2.13 bits per heavy atom. The standard InChI is InChI=1S/C12H19NO2/c1-3-15-12-9-10(7-8-13)5-4-6-11(12)14-2/h5-6,9H,3-4,7-8,13H2,1-2H3. The molecule has 0 spiro atoms. The van der Waals surface area contributed by atoms with Crippen LogP contribution in [0.2, 0.25) is 0 Å². The lowest BCUT2D eigenvalue weighted by Crippen LogP contribution is -2.01. The van der Waals surface area contributed by atoms with Crippen molar-refractivity contribution in [2.45, 2.75) is 19.8 Å². The van der Waals surface area contributed by atoms with Crippen LogP contribution in [0.5, 0.6) is 0 Å². The second kappa shape index (κ2) is 6.30. The lowest BCUT2D eigenvalue weighted by Gasteiger charge is -2.11. The molecule has 2 N–H and O–H groups in total. The van der Waals surface area contributed by atoms with Gasteiger partial charge in [-0.05, 0) is 44.0 Å². The summed E-state index contributed by atoms with van der Waals surface area (Å²) < 4.78 is 10.8. The highest BCUT2D eigenvalue weighted by atomic mass is 16.5. The molecule has 0 aromatic rings. The van der Waals surface area contributed by atoms with E-state index in [0.29, 0.717) is 13.2 Å². The topological polar surface area (TPSA) is 44.5 Å². The molecule has 84 valence electrons. The fourth-order valence-corrected chi connectivity index (χ4v) is 1.51. The quantitative estimate of drug-likeness (QED) is 0.754. The van der Waals surface area contributed by atoms with Gasteiger partial charge in [-0.3, -0.25) is 0 Å². The third-order valence-electron chi connectivity index (χ3n) is 2.20. The molecule has 1 rings (SSSR count). The van der Waals surface area contributed by atoms with Crippen LogP contribution in [0.15, 0.2) is 35.3 Å². The molecule has 1 aliphatic carbocycles. The van der Waals surface area contributed by atoms with Crippen LogP contribution >= 0.6 is 0 Å². The maximum atomic E-state index is 5.54. The Kier molecular flexibility index (Phi) is 4.98. The van der Waals surface area contributed by atoms with Gasteiger partial charge in [0.25, 0.3) is 0 Å². The van der Waals surface area contributed by atoms with Crippen molar-refractivity contribution in [3.05, 3.63) is 35.3 Å². The lowest BCUT2D eigenvalue weighted by molar-refractivity contribution is 0.186. The fraction of sp³-hybridized carbons (Fsp3) is 0.500. The Balaban J connectivity index is 2.83. The Morgan fingerprint density at radius 1 is 1.33 bits per heavy atom. The Labute approximate surface area is 91.2 Å². The van der Waals surface area contributed by atoms with E-state index in [1.807, 2.05) is 19.1 Å². The Hall–Kier alpha value is -1.22. The summed E-state index contributed by atoms with van der Waals surface area (Å²) in [5.41, 5.74) is 6.75. The molecule has 0 bridgehead atoms. The molecular weight excluding hydrogens is 190 g/mol. The number of hydrogen-bond acceptors (Lipinski definition) is 3. The maximum Gasteiger partial charge on any atom is 0.161 e. The zero-order valence-electron chi connectivity index (χ0n) is 9.45. The summed E-state index contributed by atoms with van der Waals surface area (Å²) in [5.74, 6) is 1.61. The zero-order chi connectivity index (χ0) is 11.1. The van der Waals surface area contributed by atoms with Crippen molar-refractivity contribution in [2.24, 2.45) is 5.73 Å². The molecule has 0 radical (unpaired) electrons. The van der Waals surface area contributed by atoms with Gasteiger partial charge in [0.15, 0.2) is 11.5 Å². The van der Waals surface area contributed by atoms with Crippen LogP contribution in [0.1, 0.15) is 19.8 Å². The highest BCUT2D eigenvalue weighted by molar-refractivity contribution is 5.34. The first-order chi connectivity index (χ1) is 7.31. The van der Waals surface area contributed by atoms with Crippen LogP contribution in [0, 0.1) is 0 Å². The molecule has 0 atom stereocenters. The van der Waals surface area contributed by atoms with E-state index >= 15 is 0 Å². The van der Waals surface area contributed by atoms with E-state index < -0.39 is 0 Å². The summed E-state index contributed by atoms with van der Waals surface area (Å²) in [4.78, 5) is 0. The van der Waals surface area contributed by atoms with Crippen LogP contribution in [0.25, 0.3) is 0 Å². The molecule has 0 saturated heterocycles. The number of hydrogen-bond donors (Lipinski definition) is 1. The van der Waals surface area contributed by atoms with E-state index in [1.165, 1.54) is 5.57 Å². The zero-order valence-corrected chi connectivity index (χ0v) is 9.45. The SMILES string of the molecule is CCOC1=CC(CCN)=CCC=C1OC. The Morgan fingerprint density at radius 3 is 2.73 bits per heavy atom. The van der Waals surface area contributed by atoms with Crippen molar-refractivity contribution in [3.63, 3.8) is 0 Å². The molecule has 0 amide bonds. The van der Waals surface area contributed by atoms with Crippen LogP contribution in [-0.2, 0) is 9.47 Å². The lowest BCUT2D eigenvalue weighted by atomic mass is 10.1. The van der Waals surface area contributed by atoms with E-state index in [-0.39, 0.29) is 0 Å². The van der Waals surface area contributed by atoms with Crippen LogP contribution in [0.4, 0.5) is 0 Å². The predicted octanol–water partition coefficient (Wildman–Crippen LogP) is 2.12. The number of ether oxygens (including phenoxy) is 2. The minimum atomic E-state index is 0.641. The molecular formula is C12H19NO2. The summed E-state index contributed by atoms with van der Waals surface area (Å²) in [6, 6.07) is 0. The molecule has 0 aromatic heterocycles.